The Balaban J connectivity index is 1.05. The molecule has 0 spiro atoms. The van der Waals surface area contributed by atoms with E-state index in [9.17, 15) is 0 Å². The van der Waals surface area contributed by atoms with Crippen molar-refractivity contribution < 1.29 is 4.42 Å². The molecule has 6 aromatic carbocycles. The fourth-order valence-electron chi connectivity index (χ4n) is 7.10. The Morgan fingerprint density at radius 1 is 0.426 bits per heavy atom. The normalized spacial score (nSPS) is 11.3. The van der Waals surface area contributed by atoms with Crippen molar-refractivity contribution in [2.45, 2.75) is 0 Å². The summed E-state index contributed by atoms with van der Waals surface area (Å²) in [4.78, 5) is 21.0. The third-order valence-electron chi connectivity index (χ3n) is 9.82. The quantitative estimate of drug-likeness (QED) is 0.165. The predicted octanol–water partition coefficient (Wildman–Crippen LogP) is 12.5. The molecule has 0 aliphatic carbocycles. The number of nitrogens with zero attached hydrogens (tertiary/aromatic N) is 5. The lowest BCUT2D eigenvalue weighted by Gasteiger charge is -2.26. The van der Waals surface area contributed by atoms with Crippen LogP contribution in [0.1, 0.15) is 0 Å². The molecule has 10 rings (SSSR count). The summed E-state index contributed by atoms with van der Waals surface area (Å²) >= 11 is 0. The summed E-state index contributed by atoms with van der Waals surface area (Å²) in [5.74, 6) is 0.599. The Labute approximate surface area is 311 Å². The third-order valence-corrected chi connectivity index (χ3v) is 9.82. The summed E-state index contributed by atoms with van der Waals surface area (Å²) in [5, 5.41) is 3.37. The molecule has 0 atom stereocenters. The maximum Gasteiger partial charge on any atom is 0.227 e. The average molecular weight is 694 g/mol. The van der Waals surface area contributed by atoms with E-state index in [1.807, 2.05) is 79.3 Å². The predicted molar refractivity (Wildman–Crippen MR) is 219 cm³/mol. The van der Waals surface area contributed by atoms with E-state index >= 15 is 0 Å². The van der Waals surface area contributed by atoms with Crippen molar-refractivity contribution in [1.29, 1.82) is 0 Å². The molecule has 0 amide bonds. The molecule has 0 radical (unpaired) electrons. The maximum atomic E-state index is 6.09. The van der Waals surface area contributed by atoms with Crippen LogP contribution in [0.15, 0.2) is 193 Å². The van der Waals surface area contributed by atoms with Gasteiger partial charge in [0.25, 0.3) is 0 Å². The van der Waals surface area contributed by atoms with Crippen LogP contribution in [-0.4, -0.2) is 19.9 Å². The van der Waals surface area contributed by atoms with E-state index in [0.29, 0.717) is 5.89 Å². The van der Waals surface area contributed by atoms with Crippen LogP contribution in [0, 0.1) is 0 Å². The summed E-state index contributed by atoms with van der Waals surface area (Å²) in [5.41, 5.74) is 12.6. The monoisotopic (exact) mass is 693 g/mol. The second-order valence-corrected chi connectivity index (χ2v) is 13.2. The van der Waals surface area contributed by atoms with Crippen molar-refractivity contribution in [3.05, 3.63) is 188 Å². The lowest BCUT2D eigenvalue weighted by Crippen LogP contribution is -2.10. The topological polar surface area (TPSA) is 67.9 Å². The third kappa shape index (κ3) is 5.82. The first kappa shape index (κ1) is 31.3. The van der Waals surface area contributed by atoms with Gasteiger partial charge < -0.3 is 9.32 Å². The minimum Gasteiger partial charge on any atom is -0.436 e. The minimum absolute atomic E-state index is 0.599. The summed E-state index contributed by atoms with van der Waals surface area (Å²) in [6.07, 6.45) is 5.49. The molecule has 54 heavy (non-hydrogen) atoms. The van der Waals surface area contributed by atoms with Crippen molar-refractivity contribution in [3.63, 3.8) is 0 Å². The molecule has 0 aliphatic heterocycles. The number of rotatable bonds is 7. The van der Waals surface area contributed by atoms with Crippen LogP contribution in [0.5, 0.6) is 0 Å². The highest BCUT2D eigenvalue weighted by Gasteiger charge is 2.17. The maximum absolute atomic E-state index is 6.09. The van der Waals surface area contributed by atoms with Gasteiger partial charge in [-0.05, 0) is 113 Å². The van der Waals surface area contributed by atoms with Gasteiger partial charge in [0.15, 0.2) is 5.58 Å². The zero-order chi connectivity index (χ0) is 35.8. The smallest absolute Gasteiger partial charge is 0.227 e. The number of aromatic nitrogens is 4. The van der Waals surface area contributed by atoms with Gasteiger partial charge in [-0.2, -0.15) is 0 Å². The molecule has 0 saturated heterocycles. The molecule has 0 unspecified atom stereocenters. The van der Waals surface area contributed by atoms with Crippen molar-refractivity contribution in [2.75, 3.05) is 4.90 Å². The Hall–Kier alpha value is -7.44. The van der Waals surface area contributed by atoms with E-state index in [4.69, 9.17) is 19.4 Å². The second-order valence-electron chi connectivity index (χ2n) is 13.2. The van der Waals surface area contributed by atoms with Crippen LogP contribution >= 0.6 is 0 Å². The first-order valence-electron chi connectivity index (χ1n) is 17.9. The van der Waals surface area contributed by atoms with Crippen LogP contribution in [-0.2, 0) is 0 Å². The fraction of sp³-hybridized carbons (Fsp3) is 0. The number of hydrogen-bond donors (Lipinski definition) is 0. The van der Waals surface area contributed by atoms with E-state index in [-0.39, 0.29) is 0 Å². The Morgan fingerprint density at radius 2 is 1.11 bits per heavy atom. The van der Waals surface area contributed by atoms with E-state index in [2.05, 4.69) is 119 Å². The van der Waals surface area contributed by atoms with Crippen LogP contribution < -0.4 is 4.90 Å². The summed E-state index contributed by atoms with van der Waals surface area (Å²) in [7, 11) is 0. The molecule has 6 heteroatoms. The van der Waals surface area contributed by atoms with Gasteiger partial charge in [-0.25, -0.2) is 9.97 Å². The number of para-hydroxylation sites is 2. The Bertz CT molecular complexity index is 2890. The van der Waals surface area contributed by atoms with Crippen LogP contribution in [0.3, 0.4) is 0 Å². The number of pyridine rings is 3. The first-order chi connectivity index (χ1) is 26.7. The van der Waals surface area contributed by atoms with E-state index in [1.54, 1.807) is 0 Å². The molecule has 254 valence electrons. The van der Waals surface area contributed by atoms with Gasteiger partial charge in [-0.15, -0.1) is 0 Å². The molecule has 6 nitrogen and oxygen atoms in total. The van der Waals surface area contributed by atoms with Gasteiger partial charge in [-0.3, -0.25) is 9.97 Å². The minimum atomic E-state index is 0.599. The van der Waals surface area contributed by atoms with Crippen molar-refractivity contribution >= 4 is 49.8 Å². The van der Waals surface area contributed by atoms with Crippen LogP contribution in [0.4, 0.5) is 17.1 Å². The number of hydrogen-bond acceptors (Lipinski definition) is 6. The molecular weight excluding hydrogens is 663 g/mol. The molecule has 0 aliphatic rings. The zero-order valence-electron chi connectivity index (χ0n) is 29.0. The fourth-order valence-corrected chi connectivity index (χ4v) is 7.10. The number of oxazole rings is 1. The summed E-state index contributed by atoms with van der Waals surface area (Å²) < 4.78 is 6.09. The average Bonchev–Trinajstić information content (AvgIpc) is 3.69. The lowest BCUT2D eigenvalue weighted by molar-refractivity contribution is 0.620. The molecule has 0 N–H and O–H groups in total. The molecule has 0 fully saturated rings. The molecule has 0 bridgehead atoms. The van der Waals surface area contributed by atoms with Gasteiger partial charge in [-0.1, -0.05) is 78.9 Å². The first-order valence-corrected chi connectivity index (χ1v) is 17.9. The number of anilines is 3. The Kier molecular flexibility index (Phi) is 7.69. The summed E-state index contributed by atoms with van der Waals surface area (Å²) in [6.45, 7) is 0. The highest BCUT2D eigenvalue weighted by Crippen LogP contribution is 2.39. The molecule has 0 saturated carbocycles. The van der Waals surface area contributed by atoms with Gasteiger partial charge in [0.2, 0.25) is 5.89 Å². The zero-order valence-corrected chi connectivity index (χ0v) is 29.0. The second kappa shape index (κ2) is 13.3. The van der Waals surface area contributed by atoms with Gasteiger partial charge in [0, 0.05) is 57.7 Å². The standard InChI is InChI=1S/C48H31N5O/c1-2-7-34(8-3-1)47-46-39(9-6-26-50-46)31-44(51-47)33-14-19-40(20-15-33)53(41-21-16-35(17-22-41)48-52-43-10-4-5-11-45(43)54-48)42-23-18-37-29-36(12-13-38(37)30-42)32-24-27-49-28-25-32/h1-31H. The molecule has 4 aromatic heterocycles. The lowest BCUT2D eigenvalue weighted by atomic mass is 10.0. The van der Waals surface area contributed by atoms with Crippen molar-refractivity contribution in [2.24, 2.45) is 0 Å². The summed E-state index contributed by atoms with van der Waals surface area (Å²) in [6, 6.07) is 58.6. The van der Waals surface area contributed by atoms with E-state index in [0.717, 1.165) is 83.7 Å². The number of benzene rings is 6. The molecular formula is C48H31N5O. The SMILES string of the molecule is c1ccc(-c2nc(-c3ccc(N(c4ccc(-c5nc6ccccc6o5)cc4)c4ccc5cc(-c6ccncc6)ccc5c4)cc3)cc3cccnc23)cc1. The molecule has 4 heterocycles. The number of fused-ring (bicyclic) bond motifs is 3. The molecule has 10 aromatic rings. The highest BCUT2D eigenvalue weighted by atomic mass is 16.3. The van der Waals surface area contributed by atoms with Crippen LogP contribution in [0.2, 0.25) is 0 Å². The van der Waals surface area contributed by atoms with E-state index < -0.39 is 0 Å². The largest absolute Gasteiger partial charge is 0.436 e. The van der Waals surface area contributed by atoms with Gasteiger partial charge in [0.05, 0.1) is 16.9 Å². The highest BCUT2D eigenvalue weighted by molar-refractivity contribution is 5.95. The van der Waals surface area contributed by atoms with Gasteiger partial charge >= 0.3 is 0 Å². The van der Waals surface area contributed by atoms with Crippen molar-refractivity contribution in [3.8, 4) is 45.1 Å². The van der Waals surface area contributed by atoms with Gasteiger partial charge in [0.1, 0.15) is 5.52 Å². The van der Waals surface area contributed by atoms with Crippen LogP contribution in [0.25, 0.3) is 77.9 Å². The Morgan fingerprint density at radius 3 is 1.91 bits per heavy atom. The van der Waals surface area contributed by atoms with Crippen molar-refractivity contribution in [1.82, 2.24) is 19.9 Å². The van der Waals surface area contributed by atoms with E-state index in [1.165, 1.54) is 5.39 Å².